The average Bonchev–Trinajstić information content (AvgIpc) is 2.94. The van der Waals surface area contributed by atoms with Crippen molar-refractivity contribution in [1.29, 1.82) is 0 Å². The molecule has 2 aliphatic heterocycles. The van der Waals surface area contributed by atoms with Crippen LogP contribution in [0.15, 0.2) is 4.52 Å². The number of rotatable bonds is 6. The second-order valence-corrected chi connectivity index (χ2v) is 9.53. The van der Waals surface area contributed by atoms with Gasteiger partial charge in [-0.15, -0.1) is 0 Å². The zero-order chi connectivity index (χ0) is 20.8. The van der Waals surface area contributed by atoms with Crippen LogP contribution in [0.5, 0.6) is 0 Å². The summed E-state index contributed by atoms with van der Waals surface area (Å²) in [5.41, 5.74) is 0. The first-order valence-corrected chi connectivity index (χ1v) is 11.5. The Kier molecular flexibility index (Phi) is 7.92. The molecule has 2 fully saturated rings. The first kappa shape index (κ1) is 22.1. The molecule has 2 amide bonds. The Morgan fingerprint density at radius 3 is 2.55 bits per heavy atom. The van der Waals surface area contributed by atoms with Crippen LogP contribution in [0, 0.1) is 11.8 Å². The predicted octanol–water partition coefficient (Wildman–Crippen LogP) is 3.84. The Bertz CT molecular complexity index is 637. The quantitative estimate of drug-likeness (QED) is 0.778. The Balaban J connectivity index is 1.53. The van der Waals surface area contributed by atoms with Crippen LogP contribution in [0.4, 0.5) is 4.79 Å². The molecule has 3 rings (SSSR count). The molecular weight excluding hydrogens is 366 g/mol. The molecule has 0 spiro atoms. The summed E-state index contributed by atoms with van der Waals surface area (Å²) in [7, 11) is 0. The van der Waals surface area contributed by atoms with Gasteiger partial charge in [0.15, 0.2) is 5.82 Å². The molecule has 0 bridgehead atoms. The summed E-state index contributed by atoms with van der Waals surface area (Å²) in [5.74, 6) is 2.66. The molecule has 29 heavy (non-hydrogen) atoms. The van der Waals surface area contributed by atoms with Gasteiger partial charge in [-0.25, -0.2) is 4.79 Å². The van der Waals surface area contributed by atoms with E-state index in [1.54, 1.807) is 0 Å². The molecule has 164 valence electrons. The highest BCUT2D eigenvalue weighted by molar-refractivity contribution is 5.74. The number of urea groups is 1. The number of piperidine rings is 1. The smallest absolute Gasteiger partial charge is 0.317 e. The average molecular weight is 406 g/mol. The lowest BCUT2D eigenvalue weighted by Crippen LogP contribution is -2.52. The lowest BCUT2D eigenvalue weighted by atomic mass is 9.86. The predicted molar refractivity (Wildman–Crippen MR) is 113 cm³/mol. The van der Waals surface area contributed by atoms with E-state index in [-0.39, 0.29) is 12.1 Å². The molecule has 7 heteroatoms. The second kappa shape index (κ2) is 10.4. The minimum Gasteiger partial charge on any atom is -0.338 e. The van der Waals surface area contributed by atoms with Crippen molar-refractivity contribution < 1.29 is 9.32 Å². The lowest BCUT2D eigenvalue weighted by Gasteiger charge is -2.40. The molecule has 0 radical (unpaired) electrons. The number of hydrogen-bond acceptors (Lipinski definition) is 5. The Labute approximate surface area is 175 Å². The van der Waals surface area contributed by atoms with Gasteiger partial charge in [-0.1, -0.05) is 31.8 Å². The maximum absolute atomic E-state index is 12.8. The standard InChI is InChI=1S/C22H39N5O2/c1-16(2)14-20-24-21(29-25-20)15-26-12-9-18(10-13-26)19-8-6-5-7-11-27(19)22(28)23-17(3)4/h16-19H,5-15H2,1-4H3,(H,23,28). The van der Waals surface area contributed by atoms with Crippen LogP contribution >= 0.6 is 0 Å². The minimum absolute atomic E-state index is 0.123. The van der Waals surface area contributed by atoms with E-state index in [9.17, 15) is 4.79 Å². The molecule has 0 aliphatic carbocycles. The van der Waals surface area contributed by atoms with Crippen molar-refractivity contribution in [2.45, 2.75) is 91.3 Å². The highest BCUT2D eigenvalue weighted by Gasteiger charge is 2.34. The SMILES string of the molecule is CC(C)Cc1noc(CN2CCC(C3CCCCCN3C(=O)NC(C)C)CC2)n1. The molecule has 7 nitrogen and oxygen atoms in total. The van der Waals surface area contributed by atoms with Crippen LogP contribution in [0.2, 0.25) is 0 Å². The largest absolute Gasteiger partial charge is 0.338 e. The molecule has 2 saturated heterocycles. The molecule has 1 unspecified atom stereocenters. The fraction of sp³-hybridized carbons (Fsp3) is 0.864. The fourth-order valence-electron chi connectivity index (χ4n) is 4.70. The number of hydrogen-bond donors (Lipinski definition) is 1. The number of likely N-dealkylation sites (tertiary alicyclic amines) is 2. The van der Waals surface area contributed by atoms with E-state index in [0.717, 1.165) is 70.0 Å². The molecule has 3 heterocycles. The van der Waals surface area contributed by atoms with E-state index in [1.165, 1.54) is 12.8 Å². The van der Waals surface area contributed by atoms with E-state index in [0.29, 0.717) is 17.9 Å². The number of carbonyl (C=O) groups excluding carboxylic acids is 1. The third kappa shape index (κ3) is 6.43. The van der Waals surface area contributed by atoms with Crippen molar-refractivity contribution >= 4 is 6.03 Å². The fourth-order valence-corrected chi connectivity index (χ4v) is 4.70. The highest BCUT2D eigenvalue weighted by atomic mass is 16.5. The van der Waals surface area contributed by atoms with E-state index >= 15 is 0 Å². The van der Waals surface area contributed by atoms with Gasteiger partial charge in [-0.3, -0.25) is 4.90 Å². The number of amides is 2. The highest BCUT2D eigenvalue weighted by Crippen LogP contribution is 2.30. The van der Waals surface area contributed by atoms with Gasteiger partial charge >= 0.3 is 6.03 Å². The number of carbonyl (C=O) groups is 1. The maximum Gasteiger partial charge on any atom is 0.317 e. The van der Waals surface area contributed by atoms with E-state index in [2.05, 4.69) is 39.1 Å². The van der Waals surface area contributed by atoms with Gasteiger partial charge in [0.2, 0.25) is 5.89 Å². The Hall–Kier alpha value is -1.63. The van der Waals surface area contributed by atoms with Crippen molar-refractivity contribution in [2.24, 2.45) is 11.8 Å². The van der Waals surface area contributed by atoms with Crippen LogP contribution in [-0.4, -0.2) is 57.7 Å². The van der Waals surface area contributed by atoms with Crippen molar-refractivity contribution in [3.63, 3.8) is 0 Å². The maximum atomic E-state index is 12.8. The van der Waals surface area contributed by atoms with E-state index in [4.69, 9.17) is 4.52 Å². The van der Waals surface area contributed by atoms with Gasteiger partial charge in [-0.2, -0.15) is 4.98 Å². The summed E-state index contributed by atoms with van der Waals surface area (Å²) >= 11 is 0. The topological polar surface area (TPSA) is 74.5 Å². The van der Waals surface area contributed by atoms with Gasteiger partial charge in [0.25, 0.3) is 0 Å². The molecule has 0 aromatic carbocycles. The monoisotopic (exact) mass is 405 g/mol. The van der Waals surface area contributed by atoms with Crippen LogP contribution in [0.3, 0.4) is 0 Å². The van der Waals surface area contributed by atoms with Crippen LogP contribution in [0.25, 0.3) is 0 Å². The van der Waals surface area contributed by atoms with E-state index < -0.39 is 0 Å². The Morgan fingerprint density at radius 1 is 1.10 bits per heavy atom. The van der Waals surface area contributed by atoms with Gasteiger partial charge in [0.1, 0.15) is 0 Å². The zero-order valence-corrected chi connectivity index (χ0v) is 18.7. The van der Waals surface area contributed by atoms with Crippen LogP contribution in [-0.2, 0) is 13.0 Å². The third-order valence-electron chi connectivity index (χ3n) is 6.11. The van der Waals surface area contributed by atoms with Crippen molar-refractivity contribution in [3.05, 3.63) is 11.7 Å². The first-order chi connectivity index (χ1) is 13.9. The number of nitrogens with one attached hydrogen (secondary N) is 1. The number of nitrogens with zero attached hydrogens (tertiary/aromatic N) is 4. The summed E-state index contributed by atoms with van der Waals surface area (Å²) in [6.45, 7) is 12.1. The van der Waals surface area contributed by atoms with Crippen molar-refractivity contribution in [1.82, 2.24) is 25.3 Å². The molecular formula is C22H39N5O2. The van der Waals surface area contributed by atoms with Gasteiger partial charge in [-0.05, 0) is 64.5 Å². The minimum atomic E-state index is 0.123. The summed E-state index contributed by atoms with van der Waals surface area (Å²) in [6, 6.07) is 0.681. The Morgan fingerprint density at radius 2 is 1.86 bits per heavy atom. The lowest BCUT2D eigenvalue weighted by molar-refractivity contribution is 0.0927. The molecule has 1 aromatic heterocycles. The van der Waals surface area contributed by atoms with Crippen LogP contribution in [0.1, 0.15) is 77.9 Å². The summed E-state index contributed by atoms with van der Waals surface area (Å²) in [4.78, 5) is 21.9. The summed E-state index contributed by atoms with van der Waals surface area (Å²) < 4.78 is 5.45. The van der Waals surface area contributed by atoms with E-state index in [1.807, 2.05) is 13.8 Å². The summed E-state index contributed by atoms with van der Waals surface area (Å²) in [6.07, 6.45) is 7.84. The second-order valence-electron chi connectivity index (χ2n) is 9.53. The van der Waals surface area contributed by atoms with Gasteiger partial charge < -0.3 is 14.7 Å². The van der Waals surface area contributed by atoms with Crippen LogP contribution < -0.4 is 5.32 Å². The molecule has 1 atom stereocenters. The molecule has 1 N–H and O–H groups in total. The van der Waals surface area contributed by atoms with Crippen molar-refractivity contribution in [2.75, 3.05) is 19.6 Å². The number of aromatic nitrogens is 2. The first-order valence-electron chi connectivity index (χ1n) is 11.5. The van der Waals surface area contributed by atoms with Gasteiger partial charge in [0.05, 0.1) is 6.54 Å². The normalized spacial score (nSPS) is 22.3. The zero-order valence-electron chi connectivity index (χ0n) is 18.7. The molecule has 1 aromatic rings. The van der Waals surface area contributed by atoms with Gasteiger partial charge in [0, 0.05) is 25.0 Å². The molecule has 0 saturated carbocycles. The third-order valence-corrected chi connectivity index (χ3v) is 6.11. The van der Waals surface area contributed by atoms with Crippen molar-refractivity contribution in [3.8, 4) is 0 Å². The summed E-state index contributed by atoms with van der Waals surface area (Å²) in [5, 5.41) is 7.23. The molecule has 2 aliphatic rings.